The van der Waals surface area contributed by atoms with Crippen molar-refractivity contribution in [3.05, 3.63) is 48.7 Å². The van der Waals surface area contributed by atoms with Gasteiger partial charge in [0.05, 0.1) is 0 Å². The highest BCUT2D eigenvalue weighted by Crippen LogP contribution is 2.23. The van der Waals surface area contributed by atoms with Crippen LogP contribution in [0.25, 0.3) is 0 Å². The maximum Gasteiger partial charge on any atom is 0.573 e. The van der Waals surface area contributed by atoms with E-state index in [9.17, 15) is 22.8 Å². The number of anilines is 2. The predicted molar refractivity (Wildman–Crippen MR) is 108 cm³/mol. The number of aromatic nitrogens is 1. The summed E-state index contributed by atoms with van der Waals surface area (Å²) in [6.07, 6.45) is -2.90. The molecule has 166 valence electrons. The van der Waals surface area contributed by atoms with E-state index in [1.54, 1.807) is 11.1 Å². The first-order valence-corrected chi connectivity index (χ1v) is 9.64. The van der Waals surface area contributed by atoms with Gasteiger partial charge in [-0.15, -0.1) is 13.2 Å². The fraction of sp³-hybridized carbons (Fsp3) is 0.350. The van der Waals surface area contributed by atoms with Gasteiger partial charge in [-0.2, -0.15) is 0 Å². The van der Waals surface area contributed by atoms with Crippen LogP contribution in [0, 0.1) is 0 Å². The molecular weight excluding hydrogens is 415 g/mol. The second kappa shape index (κ2) is 10.0. The number of hydrogen-bond acceptors (Lipinski definition) is 5. The van der Waals surface area contributed by atoms with Crippen molar-refractivity contribution < 1.29 is 27.5 Å². The Morgan fingerprint density at radius 2 is 1.74 bits per heavy atom. The van der Waals surface area contributed by atoms with Gasteiger partial charge < -0.3 is 25.2 Å². The maximum atomic E-state index is 12.3. The number of ether oxygens (including phenoxy) is 1. The van der Waals surface area contributed by atoms with Gasteiger partial charge in [0.15, 0.2) is 0 Å². The average Bonchev–Trinajstić information content (AvgIpc) is 2.75. The Labute approximate surface area is 177 Å². The summed E-state index contributed by atoms with van der Waals surface area (Å²) in [5.41, 5.74) is 0.295. The highest BCUT2D eigenvalue weighted by Gasteiger charge is 2.31. The highest BCUT2D eigenvalue weighted by molar-refractivity contribution is 5.89. The molecule has 0 spiro atoms. The van der Waals surface area contributed by atoms with Crippen LogP contribution in [0.1, 0.15) is 6.42 Å². The third-order valence-corrected chi connectivity index (χ3v) is 4.58. The molecule has 0 radical (unpaired) electrons. The summed E-state index contributed by atoms with van der Waals surface area (Å²) in [5.74, 6) is 0.438. The molecule has 1 saturated heterocycles. The first-order chi connectivity index (χ1) is 14.8. The Balaban J connectivity index is 1.35. The number of rotatable bonds is 6. The van der Waals surface area contributed by atoms with Crippen LogP contribution in [0.5, 0.6) is 5.75 Å². The quantitative estimate of drug-likeness (QED) is 0.726. The third-order valence-electron chi connectivity index (χ3n) is 4.58. The molecule has 0 unspecified atom stereocenters. The Morgan fingerprint density at radius 1 is 1.03 bits per heavy atom. The zero-order chi connectivity index (χ0) is 22.3. The van der Waals surface area contributed by atoms with Crippen molar-refractivity contribution in [2.45, 2.75) is 12.8 Å². The molecule has 0 saturated carbocycles. The molecule has 0 atom stereocenters. The molecule has 2 aromatic rings. The van der Waals surface area contributed by atoms with Gasteiger partial charge in [0.2, 0.25) is 5.91 Å². The Hall–Kier alpha value is -3.50. The lowest BCUT2D eigenvalue weighted by atomic mass is 10.2. The molecule has 3 amide bonds. The molecular formula is C20H22F3N5O3. The Kier molecular flexibility index (Phi) is 7.16. The van der Waals surface area contributed by atoms with Crippen molar-refractivity contribution >= 4 is 23.4 Å². The van der Waals surface area contributed by atoms with E-state index in [1.807, 2.05) is 18.2 Å². The van der Waals surface area contributed by atoms with Crippen molar-refractivity contribution in [1.29, 1.82) is 0 Å². The number of piperazine rings is 1. The van der Waals surface area contributed by atoms with E-state index in [1.165, 1.54) is 12.1 Å². The first-order valence-electron chi connectivity index (χ1n) is 9.64. The second-order valence-electron chi connectivity index (χ2n) is 6.76. The molecule has 1 aromatic carbocycles. The van der Waals surface area contributed by atoms with Crippen LogP contribution in [-0.4, -0.2) is 60.9 Å². The van der Waals surface area contributed by atoms with E-state index >= 15 is 0 Å². The fourth-order valence-electron chi connectivity index (χ4n) is 3.08. The van der Waals surface area contributed by atoms with Crippen LogP contribution < -0.4 is 20.3 Å². The number of pyridine rings is 1. The van der Waals surface area contributed by atoms with Crippen molar-refractivity contribution in [1.82, 2.24) is 15.2 Å². The molecule has 3 rings (SSSR count). The molecule has 1 aromatic heterocycles. The summed E-state index contributed by atoms with van der Waals surface area (Å²) in [6.45, 7) is 2.66. The number of nitrogens with one attached hydrogen (secondary N) is 2. The molecule has 1 aliphatic rings. The zero-order valence-corrected chi connectivity index (χ0v) is 16.6. The maximum absolute atomic E-state index is 12.3. The summed E-state index contributed by atoms with van der Waals surface area (Å²) in [6, 6.07) is 9.90. The Bertz CT molecular complexity index is 870. The fourth-order valence-corrected chi connectivity index (χ4v) is 3.08. The molecule has 31 heavy (non-hydrogen) atoms. The zero-order valence-electron chi connectivity index (χ0n) is 16.6. The minimum Gasteiger partial charge on any atom is -0.406 e. The van der Waals surface area contributed by atoms with Gasteiger partial charge in [0.1, 0.15) is 11.6 Å². The summed E-state index contributed by atoms with van der Waals surface area (Å²) >= 11 is 0. The van der Waals surface area contributed by atoms with Crippen molar-refractivity contribution in [3.63, 3.8) is 0 Å². The van der Waals surface area contributed by atoms with E-state index < -0.39 is 12.4 Å². The van der Waals surface area contributed by atoms with E-state index in [4.69, 9.17) is 0 Å². The smallest absolute Gasteiger partial charge is 0.406 e. The van der Waals surface area contributed by atoms with Crippen LogP contribution in [-0.2, 0) is 4.79 Å². The standard InChI is InChI=1S/C20H22F3N5O3/c21-20(22,23)31-16-6-4-15(5-7-16)26-19(30)25-10-8-18(29)28-13-11-27(12-14-28)17-3-1-2-9-24-17/h1-7,9H,8,10-14H2,(H2,25,26,30). The van der Waals surface area contributed by atoms with Crippen LogP contribution in [0.15, 0.2) is 48.7 Å². The highest BCUT2D eigenvalue weighted by atomic mass is 19.4. The number of nitrogens with zero attached hydrogens (tertiary/aromatic N) is 3. The number of carbonyl (C=O) groups is 2. The monoisotopic (exact) mass is 437 g/mol. The molecule has 2 N–H and O–H groups in total. The van der Waals surface area contributed by atoms with Gasteiger partial charge in [-0.3, -0.25) is 4.79 Å². The number of urea groups is 1. The second-order valence-corrected chi connectivity index (χ2v) is 6.76. The third kappa shape index (κ3) is 7.05. The van der Waals surface area contributed by atoms with Gasteiger partial charge in [0.25, 0.3) is 0 Å². The topological polar surface area (TPSA) is 86.8 Å². The van der Waals surface area contributed by atoms with Gasteiger partial charge in [-0.1, -0.05) is 6.07 Å². The van der Waals surface area contributed by atoms with Gasteiger partial charge in [-0.05, 0) is 36.4 Å². The minimum atomic E-state index is -4.77. The SMILES string of the molecule is O=C(NCCC(=O)N1CCN(c2ccccn2)CC1)Nc1ccc(OC(F)(F)F)cc1. The van der Waals surface area contributed by atoms with E-state index in [2.05, 4.69) is 25.3 Å². The molecule has 1 aliphatic heterocycles. The summed E-state index contributed by atoms with van der Waals surface area (Å²) < 4.78 is 40.2. The lowest BCUT2D eigenvalue weighted by Gasteiger charge is -2.35. The minimum absolute atomic E-state index is 0.0605. The summed E-state index contributed by atoms with van der Waals surface area (Å²) in [4.78, 5) is 32.4. The Morgan fingerprint density at radius 3 is 2.35 bits per heavy atom. The normalized spacial score (nSPS) is 14.2. The van der Waals surface area contributed by atoms with Crippen molar-refractivity contribution in [3.8, 4) is 5.75 Å². The number of hydrogen-bond donors (Lipinski definition) is 2. The first kappa shape index (κ1) is 22.2. The van der Waals surface area contributed by atoms with Crippen molar-refractivity contribution in [2.24, 2.45) is 0 Å². The number of halogens is 3. The van der Waals surface area contributed by atoms with Crippen LogP contribution in [0.3, 0.4) is 0 Å². The van der Waals surface area contributed by atoms with Crippen LogP contribution in [0.2, 0.25) is 0 Å². The van der Waals surface area contributed by atoms with E-state index in [0.29, 0.717) is 31.9 Å². The summed E-state index contributed by atoms with van der Waals surface area (Å²) in [5, 5.41) is 5.04. The average molecular weight is 437 g/mol. The van der Waals surface area contributed by atoms with Crippen molar-refractivity contribution in [2.75, 3.05) is 42.9 Å². The number of benzene rings is 1. The molecule has 0 bridgehead atoms. The van der Waals surface area contributed by atoms with E-state index in [0.717, 1.165) is 18.0 Å². The molecule has 8 nitrogen and oxygen atoms in total. The molecule has 2 heterocycles. The summed E-state index contributed by atoms with van der Waals surface area (Å²) in [7, 11) is 0. The van der Waals surface area contributed by atoms with Crippen LogP contribution >= 0.6 is 0 Å². The van der Waals surface area contributed by atoms with E-state index in [-0.39, 0.29) is 24.6 Å². The number of alkyl halides is 3. The molecule has 11 heteroatoms. The van der Waals surface area contributed by atoms with Gasteiger partial charge in [-0.25, -0.2) is 9.78 Å². The largest absolute Gasteiger partial charge is 0.573 e. The molecule has 1 fully saturated rings. The number of carbonyl (C=O) groups excluding carboxylic acids is 2. The lowest BCUT2D eigenvalue weighted by Crippen LogP contribution is -2.49. The van der Waals surface area contributed by atoms with Crippen LogP contribution in [0.4, 0.5) is 29.5 Å². The molecule has 0 aliphatic carbocycles. The lowest BCUT2D eigenvalue weighted by molar-refractivity contribution is -0.274. The number of amides is 3. The van der Waals surface area contributed by atoms with Gasteiger partial charge in [0, 0.05) is 51.0 Å². The van der Waals surface area contributed by atoms with Gasteiger partial charge >= 0.3 is 12.4 Å². The predicted octanol–water partition coefficient (Wildman–Crippen LogP) is 2.84.